The lowest BCUT2D eigenvalue weighted by Crippen LogP contribution is -2.50. The summed E-state index contributed by atoms with van der Waals surface area (Å²) in [6.07, 6.45) is 8.46. The molecule has 0 radical (unpaired) electrons. The van der Waals surface area contributed by atoms with Crippen molar-refractivity contribution in [3.05, 3.63) is 66.9 Å². The molecule has 0 aliphatic carbocycles. The van der Waals surface area contributed by atoms with Gasteiger partial charge in [0.25, 0.3) is 5.91 Å². The van der Waals surface area contributed by atoms with Crippen LogP contribution in [0.2, 0.25) is 0 Å². The van der Waals surface area contributed by atoms with Gasteiger partial charge >= 0.3 is 0 Å². The molecule has 4 heterocycles. The van der Waals surface area contributed by atoms with Crippen molar-refractivity contribution in [2.75, 3.05) is 7.11 Å². The summed E-state index contributed by atoms with van der Waals surface area (Å²) < 4.78 is 11.7. The monoisotopic (exact) mass is 408 g/mol. The van der Waals surface area contributed by atoms with Gasteiger partial charge in [-0.1, -0.05) is 6.07 Å². The van der Waals surface area contributed by atoms with Crippen LogP contribution < -0.4 is 11.1 Å². The number of furan rings is 1. The second kappa shape index (κ2) is 8.31. The van der Waals surface area contributed by atoms with Crippen LogP contribution in [0.4, 0.5) is 0 Å². The summed E-state index contributed by atoms with van der Waals surface area (Å²) in [4.78, 5) is 37.1. The quantitative estimate of drug-likeness (QED) is 0.372. The van der Waals surface area contributed by atoms with Crippen molar-refractivity contribution in [2.45, 2.75) is 18.7 Å². The molecular weight excluding hydrogens is 388 g/mol. The molecule has 10 nitrogen and oxygen atoms in total. The third-order valence-electron chi connectivity index (χ3n) is 4.78. The molecule has 0 aliphatic rings. The smallest absolute Gasteiger partial charge is 0.270 e. The lowest BCUT2D eigenvalue weighted by molar-refractivity contribution is -0.130. The number of carbonyl (C=O) groups is 2. The van der Waals surface area contributed by atoms with Gasteiger partial charge in [0.2, 0.25) is 0 Å². The van der Waals surface area contributed by atoms with E-state index in [1.807, 2.05) is 0 Å². The normalized spacial score (nSPS) is 13.3. The highest BCUT2D eigenvalue weighted by atomic mass is 16.5. The van der Waals surface area contributed by atoms with E-state index >= 15 is 0 Å². The van der Waals surface area contributed by atoms with Gasteiger partial charge in [-0.25, -0.2) is 9.97 Å². The molecule has 4 aromatic rings. The van der Waals surface area contributed by atoms with Crippen LogP contribution in [-0.2, 0) is 16.0 Å². The Hall–Kier alpha value is -3.76. The maximum Gasteiger partial charge on any atom is 0.270 e. The standard InChI is InChI=1S/C20H20N6O4/c1-29-19(21)18(27)14(6-12-7-24-15-10-30-9-13(12)15)25-20(28)16-8-22-11-26(16)17-4-2-3-5-23-17/h2-5,7-11,14,19,24H,6,21H2,1H3,(H,25,28)/t14?,19-/m0/s1. The Morgan fingerprint density at radius 3 is 3.00 bits per heavy atom. The van der Waals surface area contributed by atoms with Gasteiger partial charge < -0.3 is 19.5 Å². The van der Waals surface area contributed by atoms with Crippen molar-refractivity contribution < 1.29 is 18.7 Å². The second-order valence-electron chi connectivity index (χ2n) is 6.64. The van der Waals surface area contributed by atoms with Gasteiger partial charge in [-0.15, -0.1) is 0 Å². The van der Waals surface area contributed by atoms with Gasteiger partial charge in [-0.05, 0) is 17.7 Å². The summed E-state index contributed by atoms with van der Waals surface area (Å²) in [6, 6.07) is 4.40. The van der Waals surface area contributed by atoms with E-state index in [4.69, 9.17) is 14.9 Å². The van der Waals surface area contributed by atoms with Crippen LogP contribution in [0.3, 0.4) is 0 Å². The largest absolute Gasteiger partial charge is 0.470 e. The van der Waals surface area contributed by atoms with Crippen LogP contribution in [0.1, 0.15) is 16.1 Å². The van der Waals surface area contributed by atoms with E-state index in [1.54, 1.807) is 43.1 Å². The van der Waals surface area contributed by atoms with Gasteiger partial charge in [0.05, 0.1) is 24.0 Å². The number of fused-ring (bicyclic) bond motifs is 1. The molecule has 0 aliphatic heterocycles. The molecule has 0 saturated carbocycles. The number of amides is 1. The second-order valence-corrected chi connectivity index (χ2v) is 6.64. The van der Waals surface area contributed by atoms with E-state index < -0.39 is 24.0 Å². The summed E-state index contributed by atoms with van der Waals surface area (Å²) in [5.74, 6) is -0.409. The number of pyridine rings is 1. The average Bonchev–Trinajstić information content (AvgIpc) is 3.51. The zero-order valence-electron chi connectivity index (χ0n) is 16.1. The van der Waals surface area contributed by atoms with E-state index in [-0.39, 0.29) is 12.1 Å². The highest BCUT2D eigenvalue weighted by Crippen LogP contribution is 2.21. The van der Waals surface area contributed by atoms with Crippen LogP contribution in [0.25, 0.3) is 16.7 Å². The molecule has 2 atom stereocenters. The first-order chi connectivity index (χ1) is 14.6. The predicted molar refractivity (Wildman–Crippen MR) is 107 cm³/mol. The zero-order valence-corrected chi connectivity index (χ0v) is 16.1. The molecule has 4 aromatic heterocycles. The van der Waals surface area contributed by atoms with Crippen molar-refractivity contribution in [2.24, 2.45) is 5.73 Å². The average molecular weight is 408 g/mol. The third kappa shape index (κ3) is 3.73. The SMILES string of the molecule is CO[C@H](N)C(=O)C(Cc1c[nH]c2cocc12)NC(=O)c1cncn1-c1ccccn1. The topological polar surface area (TPSA) is 141 Å². The minimum absolute atomic E-state index is 0.207. The number of ether oxygens (including phenoxy) is 1. The maximum atomic E-state index is 13.0. The minimum Gasteiger partial charge on any atom is -0.470 e. The molecule has 0 aromatic carbocycles. The highest BCUT2D eigenvalue weighted by Gasteiger charge is 2.29. The van der Waals surface area contributed by atoms with E-state index in [1.165, 1.54) is 24.2 Å². The Bertz CT molecular complexity index is 1160. The number of ketones is 1. The lowest BCUT2D eigenvalue weighted by atomic mass is 10.0. The third-order valence-corrected chi connectivity index (χ3v) is 4.78. The summed E-state index contributed by atoms with van der Waals surface area (Å²) in [6.45, 7) is 0. The van der Waals surface area contributed by atoms with Crippen LogP contribution in [0.15, 0.2) is 60.1 Å². The number of Topliss-reactive ketones (excluding diaryl/α,β-unsaturated/α-hetero) is 1. The van der Waals surface area contributed by atoms with Crippen molar-refractivity contribution in [3.8, 4) is 5.82 Å². The lowest BCUT2D eigenvalue weighted by Gasteiger charge is -2.20. The number of rotatable bonds is 8. The number of aromatic amines is 1. The number of imidazole rings is 1. The Morgan fingerprint density at radius 1 is 1.37 bits per heavy atom. The van der Waals surface area contributed by atoms with Crippen LogP contribution in [-0.4, -0.2) is 50.6 Å². The first kappa shape index (κ1) is 19.6. The number of hydrogen-bond donors (Lipinski definition) is 3. The van der Waals surface area contributed by atoms with Crippen molar-refractivity contribution in [1.82, 2.24) is 24.8 Å². The Kier molecular flexibility index (Phi) is 5.42. The number of carbonyl (C=O) groups excluding carboxylic acids is 2. The van der Waals surface area contributed by atoms with Gasteiger partial charge in [-0.2, -0.15) is 0 Å². The molecule has 154 valence electrons. The first-order valence-corrected chi connectivity index (χ1v) is 9.17. The van der Waals surface area contributed by atoms with Gasteiger partial charge in [0.1, 0.15) is 24.1 Å². The molecule has 4 rings (SSSR count). The summed E-state index contributed by atoms with van der Waals surface area (Å²) in [5.41, 5.74) is 7.62. The first-order valence-electron chi connectivity index (χ1n) is 9.17. The summed E-state index contributed by atoms with van der Waals surface area (Å²) >= 11 is 0. The van der Waals surface area contributed by atoms with E-state index in [9.17, 15) is 9.59 Å². The predicted octanol–water partition coefficient (Wildman–Crippen LogP) is 1.18. The number of nitrogens with zero attached hydrogens (tertiary/aromatic N) is 3. The molecule has 10 heteroatoms. The minimum atomic E-state index is -1.17. The maximum absolute atomic E-state index is 13.0. The fourth-order valence-corrected chi connectivity index (χ4v) is 3.20. The van der Waals surface area contributed by atoms with E-state index in [0.717, 1.165) is 16.5 Å². The van der Waals surface area contributed by atoms with Gasteiger partial charge in [0.15, 0.2) is 12.0 Å². The number of hydrogen-bond acceptors (Lipinski definition) is 7. The molecule has 1 unspecified atom stereocenters. The molecule has 0 spiro atoms. The van der Waals surface area contributed by atoms with Gasteiger partial charge in [0, 0.05) is 31.3 Å². The number of aromatic nitrogens is 4. The fourth-order valence-electron chi connectivity index (χ4n) is 3.20. The number of nitrogens with one attached hydrogen (secondary N) is 2. The molecular formula is C20H20N6O4. The molecule has 0 fully saturated rings. The highest BCUT2D eigenvalue weighted by molar-refractivity contribution is 5.98. The number of nitrogens with two attached hydrogens (primary N) is 1. The van der Waals surface area contributed by atoms with Crippen LogP contribution in [0, 0.1) is 0 Å². The van der Waals surface area contributed by atoms with E-state index in [2.05, 4.69) is 20.3 Å². The molecule has 0 bridgehead atoms. The van der Waals surface area contributed by atoms with Crippen molar-refractivity contribution in [3.63, 3.8) is 0 Å². The van der Waals surface area contributed by atoms with E-state index in [0.29, 0.717) is 5.82 Å². The summed E-state index contributed by atoms with van der Waals surface area (Å²) in [5, 5.41) is 3.58. The molecule has 0 saturated heterocycles. The fraction of sp³-hybridized carbons (Fsp3) is 0.200. The number of H-pyrrole nitrogens is 1. The molecule has 30 heavy (non-hydrogen) atoms. The van der Waals surface area contributed by atoms with Crippen LogP contribution in [0.5, 0.6) is 0 Å². The van der Waals surface area contributed by atoms with Gasteiger partial charge in [-0.3, -0.25) is 19.9 Å². The Labute approximate surface area is 171 Å². The zero-order chi connectivity index (χ0) is 21.1. The van der Waals surface area contributed by atoms with Crippen molar-refractivity contribution in [1.29, 1.82) is 0 Å². The number of methoxy groups -OCH3 is 1. The van der Waals surface area contributed by atoms with Crippen LogP contribution >= 0.6 is 0 Å². The molecule has 1 amide bonds. The summed E-state index contributed by atoms with van der Waals surface area (Å²) in [7, 11) is 1.34. The van der Waals surface area contributed by atoms with Crippen molar-refractivity contribution >= 4 is 22.6 Å². The Balaban J connectivity index is 1.61. The Morgan fingerprint density at radius 2 is 2.23 bits per heavy atom. The molecule has 4 N–H and O–H groups in total.